The van der Waals surface area contributed by atoms with Crippen LogP contribution in [-0.2, 0) is 0 Å². The predicted molar refractivity (Wildman–Crippen MR) is 46.6 cm³/mol. The molecule has 0 bridgehead atoms. The number of hydrogen-bond donors (Lipinski definition) is 0. The summed E-state index contributed by atoms with van der Waals surface area (Å²) < 4.78 is 0. The van der Waals surface area contributed by atoms with Crippen molar-refractivity contribution in [3.05, 3.63) is 19.1 Å². The van der Waals surface area contributed by atoms with E-state index in [1.54, 1.807) is 0 Å². The third-order valence-electron chi connectivity index (χ3n) is 1.01. The Labute approximate surface area is 63.0 Å². The molecule has 0 heterocycles. The lowest BCUT2D eigenvalue weighted by Crippen LogP contribution is -1.92. The summed E-state index contributed by atoms with van der Waals surface area (Å²) in [4.78, 5) is 1.07. The average Bonchev–Trinajstić information content (AvgIpc) is 1.85. The third-order valence-corrected chi connectivity index (χ3v) is 1.38. The molecule has 1 heteroatoms. The van der Waals surface area contributed by atoms with Gasteiger partial charge in [0.1, 0.15) is 0 Å². The second kappa shape index (κ2) is 5.96. The van der Waals surface area contributed by atoms with E-state index < -0.39 is 0 Å². The Kier molecular flexibility index (Phi) is 5.85. The average molecular weight is 141 g/mol. The first kappa shape index (κ1) is 8.83. The fourth-order valence-electron chi connectivity index (χ4n) is 0.563. The summed E-state index contributed by atoms with van der Waals surface area (Å²) in [6.07, 6.45) is 7.02. The molecule has 0 spiro atoms. The molecule has 0 amide bonds. The largest absolute Gasteiger partial charge is 0.103 e. The molecule has 0 rings (SSSR count). The SMILES string of the molecule is C=CC[CH]C(=S)CCC. The Balaban J connectivity index is 3.16. The Morgan fingerprint density at radius 2 is 2.33 bits per heavy atom. The van der Waals surface area contributed by atoms with E-state index in [0.29, 0.717) is 0 Å². The first-order chi connectivity index (χ1) is 4.31. The van der Waals surface area contributed by atoms with Crippen LogP contribution in [0.2, 0.25) is 0 Å². The maximum absolute atomic E-state index is 5.02. The van der Waals surface area contributed by atoms with Gasteiger partial charge in [0.05, 0.1) is 0 Å². The first-order valence-electron chi connectivity index (χ1n) is 3.28. The van der Waals surface area contributed by atoms with Crippen molar-refractivity contribution in [2.45, 2.75) is 26.2 Å². The number of thiocarbonyl (C=S) groups is 1. The summed E-state index contributed by atoms with van der Waals surface area (Å²) in [6, 6.07) is 0. The third kappa shape index (κ3) is 5.71. The molecule has 0 saturated heterocycles. The molecule has 0 aromatic carbocycles. The summed E-state index contributed by atoms with van der Waals surface area (Å²) in [5.41, 5.74) is 0. The summed E-state index contributed by atoms with van der Waals surface area (Å²) in [5, 5.41) is 0. The highest BCUT2D eigenvalue weighted by atomic mass is 32.1. The Hall–Kier alpha value is -0.170. The van der Waals surface area contributed by atoms with Crippen LogP contribution in [0.25, 0.3) is 0 Å². The monoisotopic (exact) mass is 141 g/mol. The molecule has 9 heavy (non-hydrogen) atoms. The van der Waals surface area contributed by atoms with Crippen LogP contribution in [0.15, 0.2) is 12.7 Å². The molecule has 0 nitrogen and oxygen atoms in total. The summed E-state index contributed by atoms with van der Waals surface area (Å²) in [5.74, 6) is 0. The molecule has 0 atom stereocenters. The zero-order valence-corrected chi connectivity index (χ0v) is 6.71. The lowest BCUT2D eigenvalue weighted by molar-refractivity contribution is 0.999. The van der Waals surface area contributed by atoms with E-state index in [1.807, 2.05) is 12.5 Å². The van der Waals surface area contributed by atoms with E-state index >= 15 is 0 Å². The van der Waals surface area contributed by atoms with Gasteiger partial charge in [-0.1, -0.05) is 31.6 Å². The molecule has 0 aromatic rings. The summed E-state index contributed by atoms with van der Waals surface area (Å²) in [7, 11) is 0. The predicted octanol–water partition coefficient (Wildman–Crippen LogP) is 2.94. The van der Waals surface area contributed by atoms with E-state index in [1.165, 1.54) is 0 Å². The van der Waals surface area contributed by atoms with Gasteiger partial charge < -0.3 is 0 Å². The first-order valence-corrected chi connectivity index (χ1v) is 3.69. The molecule has 0 aliphatic rings. The Morgan fingerprint density at radius 1 is 1.67 bits per heavy atom. The standard InChI is InChI=1S/C8H13S/c1-3-5-7-8(9)6-4-2/h3,7H,1,4-6H2,2H3. The van der Waals surface area contributed by atoms with E-state index in [2.05, 4.69) is 13.5 Å². The second-order valence-corrected chi connectivity index (χ2v) is 2.47. The summed E-state index contributed by atoms with van der Waals surface area (Å²) >= 11 is 5.02. The molecule has 51 valence electrons. The van der Waals surface area contributed by atoms with Crippen LogP contribution in [0.4, 0.5) is 0 Å². The minimum absolute atomic E-state index is 0.916. The van der Waals surface area contributed by atoms with Gasteiger partial charge >= 0.3 is 0 Å². The quantitative estimate of drug-likeness (QED) is 0.419. The second-order valence-electron chi connectivity index (χ2n) is 1.94. The Bertz CT molecular complexity index is 94.7. The van der Waals surface area contributed by atoms with Crippen LogP contribution in [-0.4, -0.2) is 4.86 Å². The van der Waals surface area contributed by atoms with Crippen molar-refractivity contribution in [1.29, 1.82) is 0 Å². The maximum atomic E-state index is 5.02. The minimum Gasteiger partial charge on any atom is -0.103 e. The minimum atomic E-state index is 0.916. The van der Waals surface area contributed by atoms with E-state index in [0.717, 1.165) is 24.1 Å². The van der Waals surface area contributed by atoms with Gasteiger partial charge in [0.2, 0.25) is 0 Å². The molecule has 0 unspecified atom stereocenters. The van der Waals surface area contributed by atoms with Crippen LogP contribution in [0, 0.1) is 6.42 Å². The zero-order valence-electron chi connectivity index (χ0n) is 5.89. The Morgan fingerprint density at radius 3 is 2.78 bits per heavy atom. The van der Waals surface area contributed by atoms with Crippen molar-refractivity contribution in [3.63, 3.8) is 0 Å². The molecule has 1 radical (unpaired) electrons. The molecule has 0 aliphatic carbocycles. The van der Waals surface area contributed by atoms with Crippen molar-refractivity contribution in [2.24, 2.45) is 0 Å². The number of hydrogen-bond acceptors (Lipinski definition) is 1. The van der Waals surface area contributed by atoms with Gasteiger partial charge in [-0.25, -0.2) is 0 Å². The molecule has 0 fully saturated rings. The molecule has 0 aromatic heterocycles. The van der Waals surface area contributed by atoms with Crippen molar-refractivity contribution < 1.29 is 0 Å². The molecule has 0 saturated carbocycles. The van der Waals surface area contributed by atoms with E-state index in [-0.39, 0.29) is 0 Å². The number of rotatable bonds is 5. The van der Waals surface area contributed by atoms with Crippen LogP contribution in [0.3, 0.4) is 0 Å². The highest BCUT2D eigenvalue weighted by Gasteiger charge is 1.91. The van der Waals surface area contributed by atoms with Crippen molar-refractivity contribution in [3.8, 4) is 0 Å². The highest BCUT2D eigenvalue weighted by Crippen LogP contribution is 1.99. The van der Waals surface area contributed by atoms with Gasteiger partial charge in [0.25, 0.3) is 0 Å². The van der Waals surface area contributed by atoms with Crippen LogP contribution >= 0.6 is 12.2 Å². The van der Waals surface area contributed by atoms with Crippen LogP contribution < -0.4 is 0 Å². The van der Waals surface area contributed by atoms with Crippen molar-refractivity contribution in [2.75, 3.05) is 0 Å². The number of allylic oxidation sites excluding steroid dienone is 1. The maximum Gasteiger partial charge on any atom is 0.00131 e. The normalized spacial score (nSPS) is 9.00. The lowest BCUT2D eigenvalue weighted by atomic mass is 10.1. The zero-order chi connectivity index (χ0) is 7.11. The topological polar surface area (TPSA) is 0 Å². The highest BCUT2D eigenvalue weighted by molar-refractivity contribution is 7.80. The molecular weight excluding hydrogens is 128 g/mol. The van der Waals surface area contributed by atoms with Gasteiger partial charge in [-0.15, -0.1) is 6.58 Å². The van der Waals surface area contributed by atoms with E-state index in [9.17, 15) is 0 Å². The van der Waals surface area contributed by atoms with Gasteiger partial charge in [-0.05, 0) is 17.7 Å². The molecule has 0 aliphatic heterocycles. The fourth-order valence-corrected chi connectivity index (χ4v) is 0.864. The molecule has 0 N–H and O–H groups in total. The van der Waals surface area contributed by atoms with Crippen LogP contribution in [0.1, 0.15) is 26.2 Å². The van der Waals surface area contributed by atoms with Gasteiger partial charge in [0, 0.05) is 6.42 Å². The van der Waals surface area contributed by atoms with Crippen molar-refractivity contribution in [1.82, 2.24) is 0 Å². The van der Waals surface area contributed by atoms with Gasteiger partial charge in [0.15, 0.2) is 0 Å². The smallest absolute Gasteiger partial charge is 0.00131 e. The van der Waals surface area contributed by atoms with Gasteiger partial charge in [-0.3, -0.25) is 0 Å². The van der Waals surface area contributed by atoms with Gasteiger partial charge in [-0.2, -0.15) is 0 Å². The summed E-state index contributed by atoms with van der Waals surface area (Å²) in [6.45, 7) is 5.73. The lowest BCUT2D eigenvalue weighted by Gasteiger charge is -1.95. The molecular formula is C8H13S. The van der Waals surface area contributed by atoms with Crippen LogP contribution in [0.5, 0.6) is 0 Å². The van der Waals surface area contributed by atoms with Crippen molar-refractivity contribution >= 4 is 17.1 Å². The van der Waals surface area contributed by atoms with E-state index in [4.69, 9.17) is 12.2 Å². The fraction of sp³-hybridized carbons (Fsp3) is 0.500.